The first kappa shape index (κ1) is 16.8. The number of azo groups is 1. The van der Waals surface area contributed by atoms with Crippen molar-refractivity contribution in [2.24, 2.45) is 10.2 Å². The van der Waals surface area contributed by atoms with E-state index >= 15 is 0 Å². The Hall–Kier alpha value is -3.02. The van der Waals surface area contributed by atoms with Gasteiger partial charge in [-0.3, -0.25) is 4.79 Å². The minimum Gasteiger partial charge on any atom is -0.493 e. The van der Waals surface area contributed by atoms with Crippen molar-refractivity contribution >= 4 is 22.5 Å². The topological polar surface area (TPSA) is 66.9 Å². The second kappa shape index (κ2) is 7.25. The van der Waals surface area contributed by atoms with Gasteiger partial charge in [-0.25, -0.2) is 4.39 Å². The molecule has 3 rings (SSSR count). The first-order valence-corrected chi connectivity index (χ1v) is 8.13. The van der Waals surface area contributed by atoms with Gasteiger partial charge in [0.2, 0.25) is 5.88 Å². The Kier molecular flexibility index (Phi) is 4.88. The first-order valence-electron chi connectivity index (χ1n) is 8.13. The lowest BCUT2D eigenvalue weighted by Crippen LogP contribution is -1.96. The number of carbonyl (C=O) groups is 1. The van der Waals surface area contributed by atoms with Crippen molar-refractivity contribution in [3.05, 3.63) is 59.9 Å². The summed E-state index contributed by atoms with van der Waals surface area (Å²) in [5.74, 6) is -1.03. The summed E-state index contributed by atoms with van der Waals surface area (Å²) in [7, 11) is 0. The van der Waals surface area contributed by atoms with Gasteiger partial charge in [-0.05, 0) is 36.8 Å². The van der Waals surface area contributed by atoms with E-state index in [1.165, 1.54) is 24.3 Å². The predicted molar refractivity (Wildman–Crippen MR) is 93.8 cm³/mol. The van der Waals surface area contributed by atoms with Crippen LogP contribution >= 0.6 is 0 Å². The van der Waals surface area contributed by atoms with Gasteiger partial charge in [-0.15, -0.1) is 10.2 Å². The van der Waals surface area contributed by atoms with Crippen LogP contribution in [-0.2, 0) is 6.54 Å². The van der Waals surface area contributed by atoms with Crippen LogP contribution in [0.4, 0.5) is 10.1 Å². The molecular formula is C19H18FN3O2. The summed E-state index contributed by atoms with van der Waals surface area (Å²) in [4.78, 5) is 12.1. The lowest BCUT2D eigenvalue weighted by Gasteiger charge is -2.05. The number of unbranched alkanes of at least 4 members (excludes halogenated alkanes) is 1. The van der Waals surface area contributed by atoms with Gasteiger partial charge in [0.1, 0.15) is 5.82 Å². The van der Waals surface area contributed by atoms with Gasteiger partial charge in [0.25, 0.3) is 5.91 Å². The van der Waals surface area contributed by atoms with E-state index in [2.05, 4.69) is 17.2 Å². The van der Waals surface area contributed by atoms with Gasteiger partial charge in [0.15, 0.2) is 5.69 Å². The number of hydrogen-bond donors (Lipinski definition) is 1. The third kappa shape index (κ3) is 3.42. The fourth-order valence-corrected chi connectivity index (χ4v) is 2.66. The zero-order valence-electron chi connectivity index (χ0n) is 13.8. The molecule has 1 amide bonds. The van der Waals surface area contributed by atoms with Crippen molar-refractivity contribution in [3.63, 3.8) is 0 Å². The molecule has 0 fully saturated rings. The molecule has 1 N–H and O–H groups in total. The van der Waals surface area contributed by atoms with Gasteiger partial charge in [0, 0.05) is 17.5 Å². The summed E-state index contributed by atoms with van der Waals surface area (Å²) in [5, 5.41) is 18.9. The molecule has 5 nitrogen and oxygen atoms in total. The number of aromatic hydroxyl groups is 1. The second-order valence-corrected chi connectivity index (χ2v) is 5.71. The normalized spacial score (nSPS) is 11.4. The fraction of sp³-hybridized carbons (Fsp3) is 0.211. The Morgan fingerprint density at radius 2 is 1.88 bits per heavy atom. The van der Waals surface area contributed by atoms with Crippen LogP contribution in [0.25, 0.3) is 10.9 Å². The molecule has 0 aliphatic rings. The lowest BCUT2D eigenvalue weighted by molar-refractivity contribution is 0.0995. The maximum atomic E-state index is 12.9. The van der Waals surface area contributed by atoms with E-state index in [1.54, 1.807) is 4.57 Å². The van der Waals surface area contributed by atoms with Crippen LogP contribution in [0, 0.1) is 5.82 Å². The van der Waals surface area contributed by atoms with Crippen molar-refractivity contribution in [3.8, 4) is 5.88 Å². The summed E-state index contributed by atoms with van der Waals surface area (Å²) in [6.45, 7) is 2.73. The van der Waals surface area contributed by atoms with E-state index < -0.39 is 11.7 Å². The van der Waals surface area contributed by atoms with E-state index in [-0.39, 0.29) is 17.1 Å². The molecule has 0 radical (unpaired) electrons. The predicted octanol–water partition coefficient (Wildman–Crippen LogP) is 5.21. The molecule has 0 saturated heterocycles. The minimum absolute atomic E-state index is 0.00898. The van der Waals surface area contributed by atoms with E-state index in [9.17, 15) is 14.3 Å². The average molecular weight is 339 g/mol. The Morgan fingerprint density at radius 3 is 2.60 bits per heavy atom. The molecular weight excluding hydrogens is 321 g/mol. The number of nitrogens with zero attached hydrogens (tertiary/aromatic N) is 3. The van der Waals surface area contributed by atoms with Crippen molar-refractivity contribution in [1.29, 1.82) is 0 Å². The number of hydrogen-bond acceptors (Lipinski definition) is 3. The summed E-state index contributed by atoms with van der Waals surface area (Å²) < 4.78 is 14.7. The number of amides is 1. The number of aromatic nitrogens is 1. The van der Waals surface area contributed by atoms with Crippen LogP contribution in [-0.4, -0.2) is 15.6 Å². The Bertz CT molecular complexity index is 930. The van der Waals surface area contributed by atoms with Crippen LogP contribution in [0.2, 0.25) is 0 Å². The molecule has 0 unspecified atom stereocenters. The van der Waals surface area contributed by atoms with Crippen LogP contribution in [0.3, 0.4) is 0 Å². The zero-order chi connectivity index (χ0) is 17.8. The van der Waals surface area contributed by atoms with Crippen molar-refractivity contribution in [1.82, 2.24) is 4.57 Å². The molecule has 25 heavy (non-hydrogen) atoms. The number of carbonyl (C=O) groups excluding carboxylic acids is 1. The summed E-state index contributed by atoms with van der Waals surface area (Å²) >= 11 is 0. The quantitative estimate of drug-likeness (QED) is 0.648. The first-order chi connectivity index (χ1) is 12.1. The van der Waals surface area contributed by atoms with Crippen molar-refractivity contribution < 1.29 is 14.3 Å². The summed E-state index contributed by atoms with van der Waals surface area (Å²) in [5.41, 5.74) is 1.35. The molecule has 0 bridgehead atoms. The van der Waals surface area contributed by atoms with Crippen molar-refractivity contribution in [2.45, 2.75) is 26.3 Å². The molecule has 0 saturated carbocycles. The number of fused-ring (bicyclic) bond motifs is 1. The number of rotatable bonds is 5. The fourth-order valence-electron chi connectivity index (χ4n) is 2.66. The molecule has 1 aromatic heterocycles. The smallest absolute Gasteiger partial charge is 0.295 e. The molecule has 0 atom stereocenters. The monoisotopic (exact) mass is 339 g/mol. The van der Waals surface area contributed by atoms with Crippen LogP contribution in [0.15, 0.2) is 58.8 Å². The van der Waals surface area contributed by atoms with E-state index in [0.29, 0.717) is 6.54 Å². The summed E-state index contributed by atoms with van der Waals surface area (Å²) in [6.07, 6.45) is 1.91. The molecule has 128 valence electrons. The van der Waals surface area contributed by atoms with Gasteiger partial charge in [-0.1, -0.05) is 31.5 Å². The highest BCUT2D eigenvalue weighted by atomic mass is 19.1. The molecule has 1 heterocycles. The van der Waals surface area contributed by atoms with Gasteiger partial charge < -0.3 is 9.67 Å². The number of halogens is 1. The summed E-state index contributed by atoms with van der Waals surface area (Å²) in [6, 6.07) is 12.5. The number of aryl methyl sites for hydroxylation is 1. The molecule has 0 aliphatic heterocycles. The molecule has 2 aromatic carbocycles. The van der Waals surface area contributed by atoms with Gasteiger partial charge in [-0.2, -0.15) is 0 Å². The maximum absolute atomic E-state index is 12.9. The lowest BCUT2D eigenvalue weighted by atomic mass is 10.2. The Morgan fingerprint density at radius 1 is 1.16 bits per heavy atom. The van der Waals surface area contributed by atoms with E-state index in [0.717, 1.165) is 23.7 Å². The van der Waals surface area contributed by atoms with Crippen LogP contribution in [0.1, 0.15) is 30.1 Å². The Balaban J connectivity index is 1.96. The highest BCUT2D eigenvalue weighted by Gasteiger charge is 2.16. The third-order valence-corrected chi connectivity index (χ3v) is 3.98. The van der Waals surface area contributed by atoms with Crippen LogP contribution < -0.4 is 0 Å². The zero-order valence-corrected chi connectivity index (χ0v) is 13.8. The minimum atomic E-state index is -0.593. The maximum Gasteiger partial charge on any atom is 0.295 e. The highest BCUT2D eigenvalue weighted by Crippen LogP contribution is 2.39. The van der Waals surface area contributed by atoms with Gasteiger partial charge >= 0.3 is 0 Å². The molecule has 6 heteroatoms. The van der Waals surface area contributed by atoms with Crippen molar-refractivity contribution in [2.75, 3.05) is 0 Å². The van der Waals surface area contributed by atoms with Crippen LogP contribution in [0.5, 0.6) is 5.88 Å². The largest absolute Gasteiger partial charge is 0.493 e. The number of benzene rings is 2. The van der Waals surface area contributed by atoms with E-state index in [1.807, 2.05) is 24.3 Å². The van der Waals surface area contributed by atoms with Gasteiger partial charge in [0.05, 0.1) is 5.52 Å². The highest BCUT2D eigenvalue weighted by molar-refractivity contribution is 5.97. The standard InChI is InChI=1S/C19H18FN3O2/c1-2-3-12-23-16-7-5-4-6-15(16)17(19(23)25)21-22-18(24)13-8-10-14(20)11-9-13/h4-11,25H,2-3,12H2,1H3. The molecule has 3 aromatic rings. The molecule has 0 spiro atoms. The Labute approximate surface area is 144 Å². The SMILES string of the molecule is CCCCn1c(O)c(N=NC(=O)c2ccc(F)cc2)c2ccccc21. The average Bonchev–Trinajstić information content (AvgIpc) is 2.89. The molecule has 0 aliphatic carbocycles. The second-order valence-electron chi connectivity index (χ2n) is 5.71. The van der Waals surface area contributed by atoms with E-state index in [4.69, 9.17) is 0 Å². The number of para-hydroxylation sites is 1. The third-order valence-electron chi connectivity index (χ3n) is 3.98.